The third kappa shape index (κ3) is 4.63. The number of allylic oxidation sites excluding steroid dienone is 1. The zero-order valence-electron chi connectivity index (χ0n) is 14.1. The topological polar surface area (TPSA) is 111 Å². The Hall–Kier alpha value is -3.36. The van der Waals surface area contributed by atoms with E-state index in [-0.39, 0.29) is 22.8 Å². The first-order valence-corrected chi connectivity index (χ1v) is 8.20. The zero-order chi connectivity index (χ0) is 19.4. The van der Waals surface area contributed by atoms with Gasteiger partial charge in [0.2, 0.25) is 5.95 Å². The van der Waals surface area contributed by atoms with E-state index in [4.69, 9.17) is 10.5 Å². The number of alkyl halides is 2. The summed E-state index contributed by atoms with van der Waals surface area (Å²) in [6.07, 6.45) is 3.06. The highest BCUT2D eigenvalue weighted by Gasteiger charge is 2.20. The highest BCUT2D eigenvalue weighted by Crippen LogP contribution is 2.30. The Balaban J connectivity index is 1.91. The Bertz CT molecular complexity index is 880. The smallest absolute Gasteiger partial charge is 0.335 e. The number of nitrogens with one attached hydrogen (secondary N) is 3. The van der Waals surface area contributed by atoms with E-state index in [2.05, 4.69) is 20.6 Å². The first kappa shape index (κ1) is 18.4. The summed E-state index contributed by atoms with van der Waals surface area (Å²) in [5.41, 5.74) is 0.417. The number of hydrogen-bond acceptors (Lipinski definition) is 6. The summed E-state index contributed by atoms with van der Waals surface area (Å²) in [5, 5.41) is 22.3. The van der Waals surface area contributed by atoms with Crippen LogP contribution >= 0.6 is 0 Å². The Morgan fingerprint density at radius 1 is 1.30 bits per heavy atom. The van der Waals surface area contributed by atoms with Crippen molar-refractivity contribution in [1.82, 2.24) is 15.3 Å². The largest absolute Gasteiger partial charge is 0.478 e. The van der Waals surface area contributed by atoms with Crippen molar-refractivity contribution in [3.8, 4) is 11.3 Å². The van der Waals surface area contributed by atoms with E-state index in [0.29, 0.717) is 17.3 Å². The molecule has 27 heavy (non-hydrogen) atoms. The minimum absolute atomic E-state index is 0.000999. The van der Waals surface area contributed by atoms with Crippen LogP contribution in [0.25, 0.3) is 11.3 Å². The number of rotatable bonds is 8. The van der Waals surface area contributed by atoms with E-state index >= 15 is 0 Å². The number of aromatic carboxylic acids is 1. The van der Waals surface area contributed by atoms with Gasteiger partial charge in [-0.05, 0) is 25.0 Å². The van der Waals surface area contributed by atoms with Gasteiger partial charge in [0.05, 0.1) is 22.5 Å². The van der Waals surface area contributed by atoms with Crippen molar-refractivity contribution < 1.29 is 18.7 Å². The van der Waals surface area contributed by atoms with Crippen LogP contribution in [0.3, 0.4) is 0 Å². The normalized spacial score (nSPS) is 14.1. The SMILES string of the molecule is N=C/C(=C\NC1CC1)Nc1ncc(C(F)F)c(-c2ccc(C(=O)O)cc2)n1. The molecule has 1 aliphatic carbocycles. The molecule has 0 atom stereocenters. The molecular formula is C18H17F2N5O2. The molecule has 0 saturated heterocycles. The number of anilines is 1. The molecule has 2 aromatic rings. The van der Waals surface area contributed by atoms with Crippen LogP contribution in [0.2, 0.25) is 0 Å². The summed E-state index contributed by atoms with van der Waals surface area (Å²) in [5.74, 6) is -1.05. The molecule has 1 heterocycles. The molecular weight excluding hydrogens is 356 g/mol. The molecule has 1 saturated carbocycles. The van der Waals surface area contributed by atoms with Crippen molar-refractivity contribution in [1.29, 1.82) is 5.41 Å². The summed E-state index contributed by atoms with van der Waals surface area (Å²) < 4.78 is 26.7. The average molecular weight is 373 g/mol. The summed E-state index contributed by atoms with van der Waals surface area (Å²) in [6.45, 7) is 0. The second-order valence-electron chi connectivity index (χ2n) is 5.99. The van der Waals surface area contributed by atoms with E-state index < -0.39 is 12.4 Å². The standard InChI is InChI=1S/C18H17F2N5O2/c19-16(20)14-9-23-18(24-13(7-21)8-22-12-5-6-12)25-15(14)10-1-3-11(4-2-10)17(26)27/h1-4,7-9,12,16,21-22H,5-6H2,(H,26,27)(H,23,24,25)/b13-8+,21-7?. The minimum Gasteiger partial charge on any atom is -0.478 e. The molecule has 7 nitrogen and oxygen atoms in total. The van der Waals surface area contributed by atoms with Gasteiger partial charge in [0.1, 0.15) is 0 Å². The highest BCUT2D eigenvalue weighted by atomic mass is 19.3. The van der Waals surface area contributed by atoms with Gasteiger partial charge in [0.25, 0.3) is 6.43 Å². The van der Waals surface area contributed by atoms with Gasteiger partial charge in [-0.15, -0.1) is 0 Å². The molecule has 0 unspecified atom stereocenters. The van der Waals surface area contributed by atoms with E-state index in [0.717, 1.165) is 25.3 Å². The summed E-state index contributed by atoms with van der Waals surface area (Å²) in [6, 6.07) is 5.88. The van der Waals surface area contributed by atoms with E-state index in [1.165, 1.54) is 24.3 Å². The van der Waals surface area contributed by atoms with Crippen molar-refractivity contribution >= 4 is 18.1 Å². The third-order valence-electron chi connectivity index (χ3n) is 3.92. The maximum Gasteiger partial charge on any atom is 0.335 e. The van der Waals surface area contributed by atoms with Crippen molar-refractivity contribution in [3.05, 3.63) is 53.5 Å². The summed E-state index contributed by atoms with van der Waals surface area (Å²) in [4.78, 5) is 19.0. The maximum atomic E-state index is 13.3. The van der Waals surface area contributed by atoms with Crippen molar-refractivity contribution in [2.45, 2.75) is 25.3 Å². The number of nitrogens with zero attached hydrogens (tertiary/aromatic N) is 2. The number of carboxylic acids is 1. The number of carbonyl (C=O) groups is 1. The first-order chi connectivity index (χ1) is 13.0. The molecule has 0 amide bonds. The Morgan fingerprint density at radius 2 is 2.00 bits per heavy atom. The van der Waals surface area contributed by atoms with Gasteiger partial charge in [-0.2, -0.15) is 0 Å². The lowest BCUT2D eigenvalue weighted by molar-refractivity contribution is 0.0697. The predicted octanol–water partition coefficient (Wildman–Crippen LogP) is 3.43. The quantitative estimate of drug-likeness (QED) is 0.528. The number of carboxylic acid groups (broad SMARTS) is 1. The molecule has 1 aromatic heterocycles. The van der Waals surface area contributed by atoms with Gasteiger partial charge in [-0.1, -0.05) is 12.1 Å². The number of benzene rings is 1. The molecule has 9 heteroatoms. The molecule has 4 N–H and O–H groups in total. The van der Waals surface area contributed by atoms with Crippen LogP contribution in [0.15, 0.2) is 42.4 Å². The van der Waals surface area contributed by atoms with E-state index in [9.17, 15) is 13.6 Å². The summed E-state index contributed by atoms with van der Waals surface area (Å²) >= 11 is 0. The van der Waals surface area contributed by atoms with Gasteiger partial charge in [0.15, 0.2) is 0 Å². The molecule has 1 aliphatic rings. The minimum atomic E-state index is -2.79. The molecule has 1 fully saturated rings. The Morgan fingerprint density at radius 3 is 2.56 bits per heavy atom. The van der Waals surface area contributed by atoms with Gasteiger partial charge in [-0.25, -0.2) is 23.5 Å². The Kier molecular flexibility index (Phi) is 5.39. The van der Waals surface area contributed by atoms with Crippen molar-refractivity contribution in [2.75, 3.05) is 5.32 Å². The van der Waals surface area contributed by atoms with Crippen LogP contribution < -0.4 is 10.6 Å². The summed E-state index contributed by atoms with van der Waals surface area (Å²) in [7, 11) is 0. The zero-order valence-corrected chi connectivity index (χ0v) is 14.1. The van der Waals surface area contributed by atoms with Gasteiger partial charge >= 0.3 is 5.97 Å². The van der Waals surface area contributed by atoms with Crippen LogP contribution in [-0.2, 0) is 0 Å². The molecule has 0 radical (unpaired) electrons. The average Bonchev–Trinajstić information content (AvgIpc) is 3.49. The maximum absolute atomic E-state index is 13.3. The second-order valence-corrected chi connectivity index (χ2v) is 5.99. The highest BCUT2D eigenvalue weighted by molar-refractivity contribution is 5.88. The lowest BCUT2D eigenvalue weighted by atomic mass is 10.1. The molecule has 0 bridgehead atoms. The van der Waals surface area contributed by atoms with Crippen LogP contribution in [-0.4, -0.2) is 33.3 Å². The fraction of sp³-hybridized carbons (Fsp3) is 0.222. The fourth-order valence-corrected chi connectivity index (χ4v) is 2.31. The van der Waals surface area contributed by atoms with Gasteiger partial charge in [-0.3, -0.25) is 0 Å². The third-order valence-corrected chi connectivity index (χ3v) is 3.92. The van der Waals surface area contributed by atoms with Gasteiger partial charge < -0.3 is 21.1 Å². The van der Waals surface area contributed by atoms with E-state index in [1.54, 1.807) is 6.20 Å². The molecule has 140 valence electrons. The van der Waals surface area contributed by atoms with Crippen molar-refractivity contribution in [3.63, 3.8) is 0 Å². The predicted molar refractivity (Wildman–Crippen MR) is 96.0 cm³/mol. The van der Waals surface area contributed by atoms with Crippen LogP contribution in [0, 0.1) is 5.41 Å². The molecule has 0 aliphatic heterocycles. The number of aromatic nitrogens is 2. The second kappa shape index (κ2) is 7.90. The van der Waals surface area contributed by atoms with Gasteiger partial charge in [0, 0.05) is 30.2 Å². The van der Waals surface area contributed by atoms with Crippen LogP contribution in [0.1, 0.15) is 35.2 Å². The molecule has 3 rings (SSSR count). The number of hydrogen-bond donors (Lipinski definition) is 4. The first-order valence-electron chi connectivity index (χ1n) is 8.20. The van der Waals surface area contributed by atoms with Crippen LogP contribution in [0.4, 0.5) is 14.7 Å². The lowest BCUT2D eigenvalue weighted by Crippen LogP contribution is -2.13. The monoisotopic (exact) mass is 373 g/mol. The molecule has 1 aromatic carbocycles. The van der Waals surface area contributed by atoms with Crippen LogP contribution in [0.5, 0.6) is 0 Å². The molecule has 0 spiro atoms. The Labute approximate surface area is 153 Å². The lowest BCUT2D eigenvalue weighted by Gasteiger charge is -2.12. The van der Waals surface area contributed by atoms with E-state index in [1.807, 2.05) is 0 Å². The number of halogens is 2. The fourth-order valence-electron chi connectivity index (χ4n) is 2.31. The van der Waals surface area contributed by atoms with Crippen molar-refractivity contribution in [2.24, 2.45) is 0 Å².